The monoisotopic (exact) mass is 169 g/mol. The molecule has 0 bridgehead atoms. The molecule has 1 atom stereocenters. The summed E-state index contributed by atoms with van der Waals surface area (Å²) < 4.78 is 0. The summed E-state index contributed by atoms with van der Waals surface area (Å²) in [6.45, 7) is 4.24. The molecule has 0 aliphatic rings. The maximum absolute atomic E-state index is 10.3. The molecule has 0 fully saturated rings. The van der Waals surface area contributed by atoms with Crippen molar-refractivity contribution in [1.82, 2.24) is 4.98 Å². The topological polar surface area (TPSA) is 30.0 Å². The lowest BCUT2D eigenvalue weighted by Gasteiger charge is -2.00. The van der Waals surface area contributed by atoms with Crippen molar-refractivity contribution in [3.05, 3.63) is 16.1 Å². The maximum atomic E-state index is 10.3. The van der Waals surface area contributed by atoms with Gasteiger partial charge in [-0.3, -0.25) is 4.79 Å². The predicted molar refractivity (Wildman–Crippen MR) is 46.2 cm³/mol. The lowest BCUT2D eigenvalue weighted by molar-refractivity contribution is 0.111. The van der Waals surface area contributed by atoms with Crippen LogP contribution >= 0.6 is 11.3 Å². The Balaban J connectivity index is 2.79. The molecule has 0 aromatic carbocycles. The molecule has 11 heavy (non-hydrogen) atoms. The van der Waals surface area contributed by atoms with Gasteiger partial charge in [0.2, 0.25) is 0 Å². The van der Waals surface area contributed by atoms with Gasteiger partial charge >= 0.3 is 0 Å². The number of aldehydes is 1. The fourth-order valence-electron chi connectivity index (χ4n) is 0.756. The van der Waals surface area contributed by atoms with E-state index in [-0.39, 0.29) is 0 Å². The SMILES string of the molecule is CCC(C)c1nc(C=O)cs1. The van der Waals surface area contributed by atoms with Gasteiger partial charge in [0.05, 0.1) is 5.01 Å². The van der Waals surface area contributed by atoms with Crippen molar-refractivity contribution in [3.8, 4) is 0 Å². The van der Waals surface area contributed by atoms with Crippen LogP contribution in [0.15, 0.2) is 5.38 Å². The molecule has 2 nitrogen and oxygen atoms in total. The van der Waals surface area contributed by atoms with Crippen LogP contribution in [0.5, 0.6) is 0 Å². The third kappa shape index (κ3) is 1.87. The summed E-state index contributed by atoms with van der Waals surface area (Å²) in [4.78, 5) is 14.4. The summed E-state index contributed by atoms with van der Waals surface area (Å²) in [7, 11) is 0. The smallest absolute Gasteiger partial charge is 0.169 e. The second kappa shape index (κ2) is 3.62. The van der Waals surface area contributed by atoms with E-state index in [4.69, 9.17) is 0 Å². The summed E-state index contributed by atoms with van der Waals surface area (Å²) in [6, 6.07) is 0. The molecule has 60 valence electrons. The Hall–Kier alpha value is -0.700. The molecule has 0 radical (unpaired) electrons. The first kappa shape index (κ1) is 8.40. The first-order chi connectivity index (χ1) is 5.27. The van der Waals surface area contributed by atoms with Crippen LogP contribution in [0, 0.1) is 0 Å². The minimum Gasteiger partial charge on any atom is -0.296 e. The third-order valence-corrected chi connectivity index (χ3v) is 2.79. The van der Waals surface area contributed by atoms with E-state index < -0.39 is 0 Å². The van der Waals surface area contributed by atoms with Crippen molar-refractivity contribution in [1.29, 1.82) is 0 Å². The van der Waals surface area contributed by atoms with E-state index in [2.05, 4.69) is 18.8 Å². The molecule has 3 heteroatoms. The molecular weight excluding hydrogens is 158 g/mol. The highest BCUT2D eigenvalue weighted by Gasteiger charge is 2.06. The lowest BCUT2D eigenvalue weighted by Crippen LogP contribution is -1.90. The number of hydrogen-bond acceptors (Lipinski definition) is 3. The summed E-state index contributed by atoms with van der Waals surface area (Å²) in [5.41, 5.74) is 0.560. The quantitative estimate of drug-likeness (QED) is 0.650. The number of hydrogen-bond donors (Lipinski definition) is 0. The van der Waals surface area contributed by atoms with E-state index in [1.165, 1.54) is 0 Å². The van der Waals surface area contributed by atoms with Gasteiger partial charge in [0.25, 0.3) is 0 Å². The average Bonchev–Trinajstić information content (AvgIpc) is 2.50. The molecule has 1 aromatic heterocycles. The molecule has 0 saturated carbocycles. The van der Waals surface area contributed by atoms with Crippen molar-refractivity contribution in [2.45, 2.75) is 26.2 Å². The lowest BCUT2D eigenvalue weighted by atomic mass is 10.1. The molecular formula is C8H11NOS. The molecule has 0 amide bonds. The standard InChI is InChI=1S/C8H11NOS/c1-3-6(2)8-9-7(4-10)5-11-8/h4-6H,3H2,1-2H3. The minimum atomic E-state index is 0.480. The molecule has 1 heterocycles. The van der Waals surface area contributed by atoms with Crippen molar-refractivity contribution in [3.63, 3.8) is 0 Å². The second-order valence-corrected chi connectivity index (χ2v) is 3.43. The van der Waals surface area contributed by atoms with Crippen LogP contribution in [0.4, 0.5) is 0 Å². The zero-order valence-corrected chi connectivity index (χ0v) is 7.52. The Kier molecular flexibility index (Phi) is 2.76. The van der Waals surface area contributed by atoms with Gasteiger partial charge in [0.1, 0.15) is 5.69 Å². The summed E-state index contributed by atoms with van der Waals surface area (Å²) in [6.07, 6.45) is 1.87. The van der Waals surface area contributed by atoms with Crippen molar-refractivity contribution >= 4 is 17.6 Å². The van der Waals surface area contributed by atoms with Crippen LogP contribution in [0.3, 0.4) is 0 Å². The number of aromatic nitrogens is 1. The zero-order chi connectivity index (χ0) is 8.27. The minimum absolute atomic E-state index is 0.480. The molecule has 0 aliphatic heterocycles. The highest BCUT2D eigenvalue weighted by atomic mass is 32.1. The van der Waals surface area contributed by atoms with Gasteiger partial charge in [-0.15, -0.1) is 11.3 Å². The Morgan fingerprint density at radius 3 is 3.00 bits per heavy atom. The Labute approximate surface area is 70.3 Å². The Morgan fingerprint density at radius 2 is 2.55 bits per heavy atom. The summed E-state index contributed by atoms with van der Waals surface area (Å²) >= 11 is 1.56. The number of carbonyl (C=O) groups is 1. The first-order valence-corrected chi connectivity index (χ1v) is 4.56. The molecule has 0 spiro atoms. The average molecular weight is 169 g/mol. The maximum Gasteiger partial charge on any atom is 0.169 e. The second-order valence-electron chi connectivity index (χ2n) is 2.54. The van der Waals surface area contributed by atoms with E-state index in [0.29, 0.717) is 11.6 Å². The highest BCUT2D eigenvalue weighted by Crippen LogP contribution is 2.21. The fraction of sp³-hybridized carbons (Fsp3) is 0.500. The van der Waals surface area contributed by atoms with Gasteiger partial charge in [0.15, 0.2) is 6.29 Å². The van der Waals surface area contributed by atoms with Gasteiger partial charge in [-0.25, -0.2) is 4.98 Å². The highest BCUT2D eigenvalue weighted by molar-refractivity contribution is 7.09. The largest absolute Gasteiger partial charge is 0.296 e. The molecule has 1 aromatic rings. The van der Waals surface area contributed by atoms with Crippen molar-refractivity contribution < 1.29 is 4.79 Å². The first-order valence-electron chi connectivity index (χ1n) is 3.68. The summed E-state index contributed by atoms with van der Waals surface area (Å²) in [5, 5.41) is 2.86. The van der Waals surface area contributed by atoms with Crippen LogP contribution in [0.25, 0.3) is 0 Å². The van der Waals surface area contributed by atoms with Crippen LogP contribution in [-0.2, 0) is 0 Å². The summed E-state index contributed by atoms with van der Waals surface area (Å²) in [5.74, 6) is 0.480. The van der Waals surface area contributed by atoms with Crippen molar-refractivity contribution in [2.24, 2.45) is 0 Å². The molecule has 0 saturated heterocycles. The van der Waals surface area contributed by atoms with Gasteiger partial charge in [0, 0.05) is 11.3 Å². The Morgan fingerprint density at radius 1 is 1.82 bits per heavy atom. The van der Waals surface area contributed by atoms with Gasteiger partial charge in [-0.05, 0) is 6.42 Å². The molecule has 0 aliphatic carbocycles. The van der Waals surface area contributed by atoms with Gasteiger partial charge < -0.3 is 0 Å². The fourth-order valence-corrected chi connectivity index (χ4v) is 1.66. The third-order valence-electron chi connectivity index (χ3n) is 1.69. The van der Waals surface area contributed by atoms with Crippen molar-refractivity contribution in [2.75, 3.05) is 0 Å². The predicted octanol–water partition coefficient (Wildman–Crippen LogP) is 2.47. The number of carbonyl (C=O) groups excluding carboxylic acids is 1. The molecule has 1 unspecified atom stereocenters. The number of rotatable bonds is 3. The normalized spacial score (nSPS) is 12.9. The van der Waals surface area contributed by atoms with E-state index in [0.717, 1.165) is 17.7 Å². The van der Waals surface area contributed by atoms with E-state index in [1.54, 1.807) is 16.7 Å². The van der Waals surface area contributed by atoms with Crippen LogP contribution in [0.1, 0.15) is 41.7 Å². The van der Waals surface area contributed by atoms with Crippen LogP contribution in [-0.4, -0.2) is 11.3 Å². The van der Waals surface area contributed by atoms with E-state index in [9.17, 15) is 4.79 Å². The van der Waals surface area contributed by atoms with Crippen LogP contribution in [0.2, 0.25) is 0 Å². The van der Waals surface area contributed by atoms with E-state index in [1.807, 2.05) is 0 Å². The Bertz CT molecular complexity index is 244. The van der Waals surface area contributed by atoms with Crippen LogP contribution < -0.4 is 0 Å². The van der Waals surface area contributed by atoms with E-state index >= 15 is 0 Å². The zero-order valence-electron chi connectivity index (χ0n) is 6.70. The van der Waals surface area contributed by atoms with Gasteiger partial charge in [-0.1, -0.05) is 13.8 Å². The van der Waals surface area contributed by atoms with Gasteiger partial charge in [-0.2, -0.15) is 0 Å². The number of thiazole rings is 1. The molecule has 0 N–H and O–H groups in total. The number of nitrogens with zero attached hydrogens (tertiary/aromatic N) is 1. The molecule has 1 rings (SSSR count).